The summed E-state index contributed by atoms with van der Waals surface area (Å²) in [4.78, 5) is 0. The SMILES string of the molecule is NCC1CCNC1C(F)(F)F. The molecule has 0 aromatic rings. The lowest BCUT2D eigenvalue weighted by molar-refractivity contribution is -0.160. The third-order valence-corrected chi connectivity index (χ3v) is 2.01. The van der Waals surface area contributed by atoms with Gasteiger partial charge in [0.25, 0.3) is 0 Å². The van der Waals surface area contributed by atoms with Crippen molar-refractivity contribution in [1.29, 1.82) is 0 Å². The third-order valence-electron chi connectivity index (χ3n) is 2.01. The highest BCUT2D eigenvalue weighted by atomic mass is 19.4. The van der Waals surface area contributed by atoms with Crippen LogP contribution in [-0.4, -0.2) is 25.3 Å². The van der Waals surface area contributed by atoms with E-state index in [1.165, 1.54) is 0 Å². The lowest BCUT2D eigenvalue weighted by Gasteiger charge is -2.20. The number of nitrogens with one attached hydrogen (secondary N) is 1. The molecule has 2 nitrogen and oxygen atoms in total. The smallest absolute Gasteiger partial charge is 0.330 e. The highest BCUT2D eigenvalue weighted by Crippen LogP contribution is 2.29. The van der Waals surface area contributed by atoms with Crippen LogP contribution < -0.4 is 11.1 Å². The first kappa shape index (κ1) is 8.80. The van der Waals surface area contributed by atoms with Crippen molar-refractivity contribution in [3.63, 3.8) is 0 Å². The van der Waals surface area contributed by atoms with E-state index in [9.17, 15) is 13.2 Å². The number of hydrogen-bond donors (Lipinski definition) is 2. The second-order valence-corrected chi connectivity index (χ2v) is 2.76. The summed E-state index contributed by atoms with van der Waals surface area (Å²) in [5.41, 5.74) is 5.18. The molecule has 1 aliphatic heterocycles. The van der Waals surface area contributed by atoms with E-state index in [1.54, 1.807) is 0 Å². The molecule has 1 fully saturated rings. The summed E-state index contributed by atoms with van der Waals surface area (Å²) in [7, 11) is 0. The van der Waals surface area contributed by atoms with E-state index in [1.807, 2.05) is 0 Å². The van der Waals surface area contributed by atoms with Crippen LogP contribution in [0.25, 0.3) is 0 Å². The summed E-state index contributed by atoms with van der Waals surface area (Å²) < 4.78 is 36.2. The van der Waals surface area contributed by atoms with Crippen LogP contribution in [0.3, 0.4) is 0 Å². The molecule has 1 aliphatic rings. The molecule has 5 heteroatoms. The van der Waals surface area contributed by atoms with E-state index in [-0.39, 0.29) is 6.54 Å². The maximum atomic E-state index is 12.1. The molecule has 1 heterocycles. The standard InChI is InChI=1S/C6H11F3N2/c7-6(8,9)5-4(3-10)1-2-11-5/h4-5,11H,1-3,10H2. The van der Waals surface area contributed by atoms with Crippen LogP contribution in [0.4, 0.5) is 13.2 Å². The molecule has 3 N–H and O–H groups in total. The van der Waals surface area contributed by atoms with Crippen molar-refractivity contribution in [1.82, 2.24) is 5.32 Å². The first-order valence-electron chi connectivity index (χ1n) is 3.56. The average Bonchev–Trinajstić information content (AvgIpc) is 2.31. The maximum absolute atomic E-state index is 12.1. The van der Waals surface area contributed by atoms with E-state index in [4.69, 9.17) is 5.73 Å². The number of nitrogens with two attached hydrogens (primary N) is 1. The summed E-state index contributed by atoms with van der Waals surface area (Å²) in [6, 6.07) is -1.38. The van der Waals surface area contributed by atoms with Crippen molar-refractivity contribution in [3.05, 3.63) is 0 Å². The highest BCUT2D eigenvalue weighted by Gasteiger charge is 2.46. The van der Waals surface area contributed by atoms with E-state index in [0.29, 0.717) is 13.0 Å². The fraction of sp³-hybridized carbons (Fsp3) is 1.00. The van der Waals surface area contributed by atoms with Crippen LogP contribution >= 0.6 is 0 Å². The first-order valence-corrected chi connectivity index (χ1v) is 3.56. The molecule has 0 aromatic heterocycles. The van der Waals surface area contributed by atoms with Gasteiger partial charge >= 0.3 is 6.18 Å². The lowest BCUT2D eigenvalue weighted by atomic mass is 10.0. The molecule has 2 atom stereocenters. The minimum Gasteiger partial charge on any atom is -0.330 e. The molecule has 0 saturated carbocycles. The predicted octanol–water partition coefficient (Wildman–Crippen LogP) is 0.486. The van der Waals surface area contributed by atoms with Crippen molar-refractivity contribution in [2.75, 3.05) is 13.1 Å². The Kier molecular flexibility index (Phi) is 2.39. The molecule has 0 radical (unpaired) electrons. The minimum atomic E-state index is -4.14. The van der Waals surface area contributed by atoms with E-state index in [0.717, 1.165) is 0 Å². The summed E-state index contributed by atoms with van der Waals surface area (Å²) in [6.45, 7) is 0.531. The van der Waals surface area contributed by atoms with Crippen molar-refractivity contribution in [3.8, 4) is 0 Å². The van der Waals surface area contributed by atoms with Gasteiger partial charge in [-0.3, -0.25) is 0 Å². The van der Waals surface area contributed by atoms with Gasteiger partial charge in [0.05, 0.1) is 0 Å². The Morgan fingerprint density at radius 2 is 2.09 bits per heavy atom. The molecule has 66 valence electrons. The van der Waals surface area contributed by atoms with Crippen LogP contribution in [0.1, 0.15) is 6.42 Å². The Bertz CT molecular complexity index is 134. The second kappa shape index (κ2) is 2.98. The van der Waals surface area contributed by atoms with Crippen molar-refractivity contribution >= 4 is 0 Å². The summed E-state index contributed by atoms with van der Waals surface area (Å²) in [5.74, 6) is -0.435. The molecule has 0 spiro atoms. The number of rotatable bonds is 1. The monoisotopic (exact) mass is 168 g/mol. The zero-order chi connectivity index (χ0) is 8.48. The van der Waals surface area contributed by atoms with Crippen molar-refractivity contribution in [2.24, 2.45) is 11.7 Å². The molecule has 0 bridgehead atoms. The summed E-state index contributed by atoms with van der Waals surface area (Å²) in [6.07, 6.45) is -3.61. The van der Waals surface area contributed by atoms with Gasteiger partial charge in [0.15, 0.2) is 0 Å². The highest BCUT2D eigenvalue weighted by molar-refractivity contribution is 4.89. The Labute approximate surface area is 62.9 Å². The fourth-order valence-corrected chi connectivity index (χ4v) is 1.39. The number of halogens is 3. The Hall–Kier alpha value is -0.290. The van der Waals surface area contributed by atoms with E-state index in [2.05, 4.69) is 5.32 Å². The molecule has 0 aliphatic carbocycles. The van der Waals surface area contributed by atoms with Gasteiger partial charge in [0, 0.05) is 0 Å². The Morgan fingerprint density at radius 1 is 1.45 bits per heavy atom. The van der Waals surface area contributed by atoms with Crippen LogP contribution in [0.2, 0.25) is 0 Å². The maximum Gasteiger partial charge on any atom is 0.404 e. The topological polar surface area (TPSA) is 38.0 Å². The first-order chi connectivity index (χ1) is 5.05. The largest absolute Gasteiger partial charge is 0.404 e. The van der Waals surface area contributed by atoms with Crippen LogP contribution in [0, 0.1) is 5.92 Å². The molecule has 11 heavy (non-hydrogen) atoms. The normalized spacial score (nSPS) is 32.7. The van der Waals surface area contributed by atoms with Gasteiger partial charge in [-0.1, -0.05) is 0 Å². The zero-order valence-electron chi connectivity index (χ0n) is 5.99. The average molecular weight is 168 g/mol. The summed E-state index contributed by atoms with van der Waals surface area (Å²) in [5, 5.41) is 2.39. The molecule has 2 unspecified atom stereocenters. The van der Waals surface area contributed by atoms with Gasteiger partial charge in [-0.15, -0.1) is 0 Å². The molecule has 0 aromatic carbocycles. The fourth-order valence-electron chi connectivity index (χ4n) is 1.39. The predicted molar refractivity (Wildman–Crippen MR) is 35.0 cm³/mol. The third kappa shape index (κ3) is 1.84. The molecule has 0 amide bonds. The van der Waals surface area contributed by atoms with Crippen molar-refractivity contribution < 1.29 is 13.2 Å². The Balaban J connectivity index is 2.57. The van der Waals surface area contributed by atoms with Crippen LogP contribution in [0.15, 0.2) is 0 Å². The molecular formula is C6H11F3N2. The number of alkyl halides is 3. The molecule has 1 saturated heterocycles. The van der Waals surface area contributed by atoms with Gasteiger partial charge < -0.3 is 11.1 Å². The minimum absolute atomic E-state index is 0.108. The van der Waals surface area contributed by atoms with Gasteiger partial charge in [-0.2, -0.15) is 13.2 Å². The zero-order valence-corrected chi connectivity index (χ0v) is 5.99. The Morgan fingerprint density at radius 3 is 2.45 bits per heavy atom. The van der Waals surface area contributed by atoms with Gasteiger partial charge in [-0.25, -0.2) is 0 Å². The lowest BCUT2D eigenvalue weighted by Crippen LogP contribution is -2.43. The quantitative estimate of drug-likeness (QED) is 0.597. The van der Waals surface area contributed by atoms with Crippen LogP contribution in [0.5, 0.6) is 0 Å². The van der Waals surface area contributed by atoms with Crippen LogP contribution in [-0.2, 0) is 0 Å². The van der Waals surface area contributed by atoms with E-state index < -0.39 is 18.1 Å². The number of hydrogen-bond acceptors (Lipinski definition) is 2. The molecular weight excluding hydrogens is 157 g/mol. The van der Waals surface area contributed by atoms with Gasteiger partial charge in [0.1, 0.15) is 6.04 Å². The van der Waals surface area contributed by atoms with Gasteiger partial charge in [-0.05, 0) is 25.4 Å². The summed E-state index contributed by atoms with van der Waals surface area (Å²) >= 11 is 0. The van der Waals surface area contributed by atoms with Gasteiger partial charge in [0.2, 0.25) is 0 Å². The molecule has 1 rings (SSSR count). The van der Waals surface area contributed by atoms with Crippen molar-refractivity contribution in [2.45, 2.75) is 18.6 Å². The van der Waals surface area contributed by atoms with E-state index >= 15 is 0 Å². The second-order valence-electron chi connectivity index (χ2n) is 2.76.